The van der Waals surface area contributed by atoms with Crippen molar-refractivity contribution in [2.24, 2.45) is 4.99 Å². The number of nitrogens with zero attached hydrogens (tertiary/aromatic N) is 5. The van der Waals surface area contributed by atoms with Crippen LogP contribution in [0.5, 0.6) is 0 Å². The van der Waals surface area contributed by atoms with Gasteiger partial charge in [0.25, 0.3) is 0 Å². The minimum atomic E-state index is -0.875. The number of ether oxygens (including phenoxy) is 1. The number of hydrogen-bond donors (Lipinski definition) is 1. The van der Waals surface area contributed by atoms with Gasteiger partial charge in [0.2, 0.25) is 0 Å². The van der Waals surface area contributed by atoms with Gasteiger partial charge in [-0.15, -0.1) is 0 Å². The van der Waals surface area contributed by atoms with Crippen LogP contribution in [-0.2, 0) is 9.53 Å². The van der Waals surface area contributed by atoms with E-state index in [1.165, 1.54) is 37.6 Å². The quantitative estimate of drug-likeness (QED) is 0.442. The second-order valence-corrected chi connectivity index (χ2v) is 9.69. The zero-order valence-electron chi connectivity index (χ0n) is 20.6. The first-order chi connectivity index (χ1) is 18.4. The first kappa shape index (κ1) is 25.9. The van der Waals surface area contributed by atoms with Crippen molar-refractivity contribution in [3.8, 4) is 0 Å². The summed E-state index contributed by atoms with van der Waals surface area (Å²) in [5.74, 6) is -0.479. The molecule has 0 bridgehead atoms. The molecule has 2 aromatic heterocycles. The summed E-state index contributed by atoms with van der Waals surface area (Å²) in [4.78, 5) is 30.8. The molecule has 1 atom stereocenters. The largest absolute Gasteiger partial charge is 0.466 e. The van der Waals surface area contributed by atoms with Crippen molar-refractivity contribution < 1.29 is 18.3 Å². The van der Waals surface area contributed by atoms with E-state index in [0.717, 1.165) is 18.9 Å². The van der Waals surface area contributed by atoms with Gasteiger partial charge in [-0.1, -0.05) is 28.1 Å². The van der Waals surface area contributed by atoms with E-state index in [1.54, 1.807) is 12.3 Å². The van der Waals surface area contributed by atoms with Crippen LogP contribution in [0.15, 0.2) is 81.7 Å². The van der Waals surface area contributed by atoms with Gasteiger partial charge >= 0.3 is 5.97 Å². The number of aromatic nitrogens is 2. The summed E-state index contributed by atoms with van der Waals surface area (Å²) in [7, 11) is 1.30. The Morgan fingerprint density at radius 2 is 1.87 bits per heavy atom. The van der Waals surface area contributed by atoms with Crippen molar-refractivity contribution in [2.45, 2.75) is 6.04 Å². The van der Waals surface area contributed by atoms with E-state index >= 15 is 0 Å². The first-order valence-electron chi connectivity index (χ1n) is 12.0. The molecule has 0 spiro atoms. The number of pyridine rings is 2. The van der Waals surface area contributed by atoms with Gasteiger partial charge in [-0.25, -0.2) is 23.5 Å². The number of methoxy groups -OCH3 is 1. The molecule has 2 aliphatic heterocycles. The maximum atomic E-state index is 14.8. The molecule has 1 saturated heterocycles. The fraction of sp³-hybridized carbons (Fsp3) is 0.259. The highest BCUT2D eigenvalue weighted by molar-refractivity contribution is 9.10. The zero-order valence-corrected chi connectivity index (χ0v) is 22.2. The molecule has 196 valence electrons. The molecule has 5 rings (SSSR count). The fourth-order valence-corrected chi connectivity index (χ4v) is 5.17. The molecule has 0 saturated carbocycles. The lowest BCUT2D eigenvalue weighted by atomic mass is 9.95. The van der Waals surface area contributed by atoms with Gasteiger partial charge in [-0.2, -0.15) is 0 Å². The summed E-state index contributed by atoms with van der Waals surface area (Å²) in [5.41, 5.74) is 1.36. The fourth-order valence-electron chi connectivity index (χ4n) is 4.60. The number of carbonyl (C=O) groups excluding carboxylic acids is 1. The lowest BCUT2D eigenvalue weighted by Gasteiger charge is -2.37. The summed E-state index contributed by atoms with van der Waals surface area (Å²) in [5, 5.41) is 3.17. The minimum Gasteiger partial charge on any atom is -0.466 e. The van der Waals surface area contributed by atoms with E-state index in [9.17, 15) is 13.6 Å². The molecule has 0 aliphatic carbocycles. The highest BCUT2D eigenvalue weighted by Crippen LogP contribution is 2.37. The molecule has 4 heterocycles. The Hall–Kier alpha value is -3.70. The number of amidine groups is 1. The van der Waals surface area contributed by atoms with Gasteiger partial charge < -0.3 is 15.0 Å². The Morgan fingerprint density at radius 1 is 1.08 bits per heavy atom. The zero-order chi connectivity index (χ0) is 26.6. The molecule has 1 unspecified atom stereocenters. The number of aliphatic imine (C=N–C) groups is 1. The van der Waals surface area contributed by atoms with Gasteiger partial charge in [0.1, 0.15) is 23.4 Å². The SMILES string of the molecule is COC(=O)C1=C(CN2CCN(c3ccccn3)CC2)NC(c2ncccc2F)=NC1c1ccc(F)cc1Br. The maximum absolute atomic E-state index is 14.8. The topological polar surface area (TPSA) is 83.0 Å². The van der Waals surface area contributed by atoms with Gasteiger partial charge in [0.15, 0.2) is 11.7 Å². The minimum absolute atomic E-state index is 0.0251. The first-order valence-corrected chi connectivity index (χ1v) is 12.8. The summed E-state index contributed by atoms with van der Waals surface area (Å²) >= 11 is 3.40. The van der Waals surface area contributed by atoms with Crippen LogP contribution < -0.4 is 10.2 Å². The number of esters is 1. The van der Waals surface area contributed by atoms with E-state index < -0.39 is 23.6 Å². The molecule has 1 aromatic carbocycles. The predicted octanol–water partition coefficient (Wildman–Crippen LogP) is 3.86. The van der Waals surface area contributed by atoms with Gasteiger partial charge in [0, 0.05) is 55.3 Å². The van der Waals surface area contributed by atoms with E-state index in [0.29, 0.717) is 35.4 Å². The molecule has 11 heteroatoms. The highest BCUT2D eigenvalue weighted by Gasteiger charge is 2.35. The molecule has 1 fully saturated rings. The number of rotatable bonds is 6. The highest BCUT2D eigenvalue weighted by atomic mass is 79.9. The number of halogens is 3. The molecule has 1 N–H and O–H groups in total. The third-order valence-corrected chi connectivity index (χ3v) is 7.19. The lowest BCUT2D eigenvalue weighted by Crippen LogP contribution is -2.49. The van der Waals surface area contributed by atoms with E-state index in [2.05, 4.69) is 46.0 Å². The van der Waals surface area contributed by atoms with E-state index in [4.69, 9.17) is 4.74 Å². The number of hydrogen-bond acceptors (Lipinski definition) is 8. The molecular formula is C27H25BrF2N6O2. The second-order valence-electron chi connectivity index (χ2n) is 8.84. The molecule has 38 heavy (non-hydrogen) atoms. The number of piperazine rings is 1. The number of nitrogens with one attached hydrogen (secondary N) is 1. The third-order valence-electron chi connectivity index (χ3n) is 6.50. The van der Waals surface area contributed by atoms with Crippen molar-refractivity contribution in [1.29, 1.82) is 0 Å². The van der Waals surface area contributed by atoms with E-state index in [-0.39, 0.29) is 17.1 Å². The standard InChI is InChI=1S/C27H25BrF2N6O2/c1-38-27(37)23-21(16-35-11-13-36(14-12-35)22-6-2-3-9-31-22)33-26(25-20(30)5-4-10-32-25)34-24(23)18-8-7-17(29)15-19(18)28/h2-10,15,24H,11-14,16H2,1H3,(H,33,34). The average Bonchev–Trinajstić information content (AvgIpc) is 2.93. The van der Waals surface area contributed by atoms with Crippen molar-refractivity contribution in [3.63, 3.8) is 0 Å². The van der Waals surface area contributed by atoms with Crippen molar-refractivity contribution >= 4 is 33.6 Å². The molecule has 0 amide bonds. The Balaban J connectivity index is 1.50. The maximum Gasteiger partial charge on any atom is 0.338 e. The monoisotopic (exact) mass is 582 g/mol. The number of benzene rings is 1. The smallest absolute Gasteiger partial charge is 0.338 e. The number of anilines is 1. The molecule has 0 radical (unpaired) electrons. The number of carbonyl (C=O) groups is 1. The van der Waals surface area contributed by atoms with Gasteiger partial charge in [-0.05, 0) is 42.0 Å². The summed E-state index contributed by atoms with van der Waals surface area (Å²) in [6, 6.07) is 11.9. The van der Waals surface area contributed by atoms with Crippen LogP contribution in [-0.4, -0.2) is 66.5 Å². The molecule has 2 aliphatic rings. The summed E-state index contributed by atoms with van der Waals surface area (Å²) in [6.07, 6.45) is 3.24. The van der Waals surface area contributed by atoms with Crippen LogP contribution in [0.25, 0.3) is 0 Å². The lowest BCUT2D eigenvalue weighted by molar-refractivity contribution is -0.136. The van der Waals surface area contributed by atoms with Crippen LogP contribution >= 0.6 is 15.9 Å². The molecule has 3 aromatic rings. The van der Waals surface area contributed by atoms with Crippen LogP contribution in [0, 0.1) is 11.6 Å². The Kier molecular flexibility index (Phi) is 7.75. The Morgan fingerprint density at radius 3 is 2.55 bits per heavy atom. The van der Waals surface area contributed by atoms with Crippen LogP contribution in [0.4, 0.5) is 14.6 Å². The summed E-state index contributed by atoms with van der Waals surface area (Å²) < 4.78 is 34.3. The van der Waals surface area contributed by atoms with Gasteiger partial charge in [0.05, 0.1) is 12.7 Å². The van der Waals surface area contributed by atoms with Crippen LogP contribution in [0.2, 0.25) is 0 Å². The van der Waals surface area contributed by atoms with E-state index in [1.807, 2.05) is 18.2 Å². The average molecular weight is 583 g/mol. The van der Waals surface area contributed by atoms with Crippen molar-refractivity contribution in [1.82, 2.24) is 20.2 Å². The molecular weight excluding hydrogens is 558 g/mol. The Labute approximate surface area is 227 Å². The third kappa shape index (κ3) is 5.44. The summed E-state index contributed by atoms with van der Waals surface area (Å²) in [6.45, 7) is 3.29. The van der Waals surface area contributed by atoms with Crippen molar-refractivity contribution in [3.05, 3.63) is 99.6 Å². The van der Waals surface area contributed by atoms with Crippen molar-refractivity contribution in [2.75, 3.05) is 44.7 Å². The Bertz CT molecular complexity index is 1390. The second kappa shape index (κ2) is 11.4. The van der Waals surface area contributed by atoms with Crippen LogP contribution in [0.3, 0.4) is 0 Å². The van der Waals surface area contributed by atoms with Crippen LogP contribution in [0.1, 0.15) is 17.3 Å². The van der Waals surface area contributed by atoms with Gasteiger partial charge in [-0.3, -0.25) is 9.89 Å². The predicted molar refractivity (Wildman–Crippen MR) is 143 cm³/mol. The normalized spacial score (nSPS) is 18.2. The molecule has 8 nitrogen and oxygen atoms in total.